The molecule has 9 heteroatoms. The van der Waals surface area contributed by atoms with Gasteiger partial charge in [0.15, 0.2) is 18.1 Å². The monoisotopic (exact) mass is 368 g/mol. The molecule has 2 aromatic carbocycles. The van der Waals surface area contributed by atoms with E-state index < -0.39 is 35.9 Å². The van der Waals surface area contributed by atoms with Crippen molar-refractivity contribution < 1.29 is 37.3 Å². The van der Waals surface area contributed by atoms with E-state index in [0.717, 1.165) is 18.2 Å². The van der Waals surface area contributed by atoms with Crippen molar-refractivity contribution in [1.29, 1.82) is 0 Å². The molecule has 0 radical (unpaired) electrons. The van der Waals surface area contributed by atoms with Gasteiger partial charge in [-0.1, -0.05) is 12.1 Å². The summed E-state index contributed by atoms with van der Waals surface area (Å²) in [7, 11) is 1.26. The predicted molar refractivity (Wildman–Crippen MR) is 82.9 cm³/mol. The Kier molecular flexibility index (Phi) is 5.71. The number of ether oxygens (including phenoxy) is 2. The van der Waals surface area contributed by atoms with Crippen LogP contribution in [0.4, 0.5) is 18.9 Å². The van der Waals surface area contributed by atoms with E-state index in [4.69, 9.17) is 9.47 Å². The molecule has 0 saturated carbocycles. The molecule has 1 amide bonds. The zero-order valence-electron chi connectivity index (χ0n) is 13.4. The molecule has 0 atom stereocenters. The fourth-order valence-corrected chi connectivity index (χ4v) is 2.08. The van der Waals surface area contributed by atoms with Crippen molar-refractivity contribution in [2.75, 3.05) is 19.0 Å². The van der Waals surface area contributed by atoms with E-state index in [9.17, 15) is 27.9 Å². The van der Waals surface area contributed by atoms with Crippen LogP contribution in [0.25, 0.3) is 0 Å². The topological polar surface area (TPSA) is 87.7 Å². The van der Waals surface area contributed by atoms with Crippen molar-refractivity contribution in [2.45, 2.75) is 6.18 Å². The van der Waals surface area contributed by atoms with E-state index in [1.165, 1.54) is 31.4 Å². The van der Waals surface area contributed by atoms with Crippen LogP contribution in [0.2, 0.25) is 0 Å². The number of carboxylic acid groups (broad SMARTS) is 1. The number of aromatic carboxylic acids is 1. The molecule has 2 aromatic rings. The summed E-state index contributed by atoms with van der Waals surface area (Å²) in [6, 6.07) is 8.10. The van der Waals surface area contributed by atoms with Crippen molar-refractivity contribution in [2.24, 2.45) is 0 Å². The van der Waals surface area contributed by atoms with Crippen molar-refractivity contribution in [3.05, 3.63) is 53.6 Å². The SMILES string of the molecule is COc1cc(C(=O)[O-])ccc1OCC(=O)Nc1ccccc1C(F)(F)F. The second-order valence-electron chi connectivity index (χ2n) is 5.03. The lowest BCUT2D eigenvalue weighted by molar-refractivity contribution is -0.255. The van der Waals surface area contributed by atoms with Gasteiger partial charge in [0, 0.05) is 5.56 Å². The van der Waals surface area contributed by atoms with Gasteiger partial charge in [-0.3, -0.25) is 4.79 Å². The largest absolute Gasteiger partial charge is 0.545 e. The van der Waals surface area contributed by atoms with E-state index in [1.54, 1.807) is 0 Å². The zero-order chi connectivity index (χ0) is 19.3. The minimum absolute atomic E-state index is 0.0372. The number of halogens is 3. The van der Waals surface area contributed by atoms with E-state index in [1.807, 2.05) is 0 Å². The molecule has 0 aliphatic carbocycles. The van der Waals surface area contributed by atoms with Gasteiger partial charge in [0.1, 0.15) is 0 Å². The third kappa shape index (κ3) is 4.65. The zero-order valence-corrected chi connectivity index (χ0v) is 13.4. The highest BCUT2D eigenvalue weighted by atomic mass is 19.4. The molecule has 6 nitrogen and oxygen atoms in total. The van der Waals surface area contributed by atoms with Gasteiger partial charge in [-0.25, -0.2) is 0 Å². The van der Waals surface area contributed by atoms with Crippen LogP contribution in [-0.2, 0) is 11.0 Å². The Bertz CT molecular complexity index is 820. The lowest BCUT2D eigenvalue weighted by atomic mass is 10.1. The second-order valence-corrected chi connectivity index (χ2v) is 5.03. The van der Waals surface area contributed by atoms with E-state index in [-0.39, 0.29) is 17.1 Å². The minimum Gasteiger partial charge on any atom is -0.545 e. The van der Waals surface area contributed by atoms with Gasteiger partial charge in [0.25, 0.3) is 5.91 Å². The van der Waals surface area contributed by atoms with Gasteiger partial charge in [-0.15, -0.1) is 0 Å². The number of rotatable bonds is 6. The number of carbonyl (C=O) groups is 2. The standard InChI is InChI=1S/C17H14F3NO5/c1-25-14-8-10(16(23)24)6-7-13(14)26-9-15(22)21-12-5-3-2-4-11(12)17(18,19)20/h2-8H,9H2,1H3,(H,21,22)(H,23,24)/p-1. The van der Waals surface area contributed by atoms with Crippen molar-refractivity contribution in [3.8, 4) is 11.5 Å². The fraction of sp³-hybridized carbons (Fsp3) is 0.176. The van der Waals surface area contributed by atoms with Crippen molar-refractivity contribution in [1.82, 2.24) is 0 Å². The molecule has 0 aliphatic rings. The van der Waals surface area contributed by atoms with Crippen LogP contribution in [0.3, 0.4) is 0 Å². The molecule has 2 rings (SSSR count). The Labute approximate surface area is 146 Å². The third-order valence-corrected chi connectivity index (χ3v) is 3.26. The Hall–Kier alpha value is -3.23. The normalized spacial score (nSPS) is 10.9. The molecule has 0 fully saturated rings. The van der Waals surface area contributed by atoms with Crippen LogP contribution in [-0.4, -0.2) is 25.6 Å². The smallest absolute Gasteiger partial charge is 0.418 e. The van der Waals surface area contributed by atoms with Gasteiger partial charge in [0.2, 0.25) is 0 Å². The molecule has 0 spiro atoms. The minimum atomic E-state index is -4.62. The number of hydrogen-bond donors (Lipinski definition) is 1. The molecular weight excluding hydrogens is 355 g/mol. The van der Waals surface area contributed by atoms with Crippen LogP contribution in [0.5, 0.6) is 11.5 Å². The number of alkyl halides is 3. The van der Waals surface area contributed by atoms with Crippen LogP contribution < -0.4 is 19.9 Å². The summed E-state index contributed by atoms with van der Waals surface area (Å²) in [6.07, 6.45) is -4.62. The molecule has 0 aliphatic heterocycles. The number of hydrogen-bond acceptors (Lipinski definition) is 5. The van der Waals surface area contributed by atoms with Gasteiger partial charge in [0.05, 0.1) is 24.3 Å². The molecule has 0 saturated heterocycles. The average molecular weight is 368 g/mol. The van der Waals surface area contributed by atoms with Crippen LogP contribution in [0, 0.1) is 0 Å². The maximum Gasteiger partial charge on any atom is 0.418 e. The summed E-state index contributed by atoms with van der Waals surface area (Å²) in [4.78, 5) is 22.7. The van der Waals surface area contributed by atoms with Crippen LogP contribution >= 0.6 is 0 Å². The summed E-state index contributed by atoms with van der Waals surface area (Å²) < 4.78 is 48.8. The molecule has 26 heavy (non-hydrogen) atoms. The molecule has 1 N–H and O–H groups in total. The van der Waals surface area contributed by atoms with Crippen molar-refractivity contribution in [3.63, 3.8) is 0 Å². The number of para-hydroxylation sites is 1. The Balaban J connectivity index is 2.08. The summed E-state index contributed by atoms with van der Waals surface area (Å²) in [5.41, 5.74) is -1.53. The van der Waals surface area contributed by atoms with Gasteiger partial charge >= 0.3 is 6.18 Å². The first-order valence-corrected chi connectivity index (χ1v) is 7.20. The summed E-state index contributed by atoms with van der Waals surface area (Å²) in [6.45, 7) is -0.604. The lowest BCUT2D eigenvalue weighted by Gasteiger charge is -2.15. The lowest BCUT2D eigenvalue weighted by Crippen LogP contribution is -2.23. The van der Waals surface area contributed by atoms with Gasteiger partial charge in [-0.2, -0.15) is 13.2 Å². The van der Waals surface area contributed by atoms with E-state index in [0.29, 0.717) is 0 Å². The first-order valence-electron chi connectivity index (χ1n) is 7.20. The number of benzene rings is 2. The molecule has 0 bridgehead atoms. The first kappa shape index (κ1) is 19.1. The summed E-state index contributed by atoms with van der Waals surface area (Å²) >= 11 is 0. The maximum atomic E-state index is 12.9. The Morgan fingerprint density at radius 2 is 1.81 bits per heavy atom. The van der Waals surface area contributed by atoms with E-state index >= 15 is 0 Å². The Morgan fingerprint density at radius 3 is 2.42 bits per heavy atom. The number of amides is 1. The van der Waals surface area contributed by atoms with Gasteiger partial charge in [-0.05, 0) is 30.3 Å². The number of carbonyl (C=O) groups excluding carboxylic acids is 2. The maximum absolute atomic E-state index is 12.9. The van der Waals surface area contributed by atoms with Crippen LogP contribution in [0.1, 0.15) is 15.9 Å². The summed E-state index contributed by atoms with van der Waals surface area (Å²) in [5.74, 6) is -2.16. The highest BCUT2D eigenvalue weighted by molar-refractivity contribution is 5.93. The molecule has 138 valence electrons. The van der Waals surface area contributed by atoms with Crippen molar-refractivity contribution >= 4 is 17.6 Å². The second kappa shape index (κ2) is 7.77. The molecular formula is C17H13F3NO5-. The number of methoxy groups -OCH3 is 1. The average Bonchev–Trinajstić information content (AvgIpc) is 2.59. The highest BCUT2D eigenvalue weighted by Crippen LogP contribution is 2.34. The quantitative estimate of drug-likeness (QED) is 0.844. The summed E-state index contributed by atoms with van der Waals surface area (Å²) in [5, 5.41) is 12.9. The molecule has 0 unspecified atom stereocenters. The number of nitrogens with one attached hydrogen (secondary N) is 1. The fourth-order valence-electron chi connectivity index (χ4n) is 2.08. The number of carboxylic acids is 1. The highest BCUT2D eigenvalue weighted by Gasteiger charge is 2.33. The molecule has 0 heterocycles. The van der Waals surface area contributed by atoms with E-state index in [2.05, 4.69) is 5.32 Å². The Morgan fingerprint density at radius 1 is 1.12 bits per heavy atom. The predicted octanol–water partition coefficient (Wildman–Crippen LogP) is 2.09. The first-order chi connectivity index (χ1) is 12.2. The number of anilines is 1. The third-order valence-electron chi connectivity index (χ3n) is 3.26. The van der Waals surface area contributed by atoms with Gasteiger partial charge < -0.3 is 24.7 Å². The molecule has 0 aromatic heterocycles. The van der Waals surface area contributed by atoms with Crippen LogP contribution in [0.15, 0.2) is 42.5 Å².